The fraction of sp³-hybridized carbons (Fsp3) is 0.240. The van der Waals surface area contributed by atoms with E-state index in [1.807, 2.05) is 13.0 Å². The molecule has 0 heterocycles. The van der Waals surface area contributed by atoms with Crippen molar-refractivity contribution in [2.24, 2.45) is 0 Å². The number of aryl methyl sites for hydroxylation is 2. The van der Waals surface area contributed by atoms with E-state index in [4.69, 9.17) is 14.2 Å². The second-order valence-corrected chi connectivity index (χ2v) is 9.42. The third-order valence-corrected chi connectivity index (χ3v) is 7.16. The number of benzene rings is 3. The first-order valence-electron chi connectivity index (χ1n) is 10.5. The summed E-state index contributed by atoms with van der Waals surface area (Å²) in [6.07, 6.45) is 0. The first-order chi connectivity index (χ1) is 16.2. The minimum atomic E-state index is -4.06. The van der Waals surface area contributed by atoms with Gasteiger partial charge in [0.1, 0.15) is 23.8 Å². The van der Waals surface area contributed by atoms with Gasteiger partial charge in [0.2, 0.25) is 5.91 Å². The predicted octanol–water partition coefficient (Wildman–Crippen LogP) is 4.16. The molecule has 0 aliphatic heterocycles. The van der Waals surface area contributed by atoms with E-state index in [0.717, 1.165) is 9.87 Å². The van der Waals surface area contributed by atoms with Gasteiger partial charge < -0.3 is 19.5 Å². The van der Waals surface area contributed by atoms with Gasteiger partial charge in [-0.25, -0.2) is 8.42 Å². The topological polar surface area (TPSA) is 94.2 Å². The Labute approximate surface area is 200 Å². The molecule has 8 nitrogen and oxygen atoms in total. The van der Waals surface area contributed by atoms with Crippen LogP contribution >= 0.6 is 0 Å². The normalized spacial score (nSPS) is 11.0. The Hall–Kier alpha value is -3.72. The van der Waals surface area contributed by atoms with Gasteiger partial charge in [-0.3, -0.25) is 9.10 Å². The van der Waals surface area contributed by atoms with Gasteiger partial charge >= 0.3 is 0 Å². The van der Waals surface area contributed by atoms with Crippen LogP contribution < -0.4 is 23.8 Å². The zero-order valence-corrected chi connectivity index (χ0v) is 20.6. The molecule has 0 aromatic heterocycles. The van der Waals surface area contributed by atoms with Crippen LogP contribution in [0.3, 0.4) is 0 Å². The molecule has 3 aromatic carbocycles. The second-order valence-electron chi connectivity index (χ2n) is 7.59. The molecule has 0 spiro atoms. The monoisotopic (exact) mass is 484 g/mol. The summed E-state index contributed by atoms with van der Waals surface area (Å²) in [4.78, 5) is 13.2. The molecule has 0 unspecified atom stereocenters. The highest BCUT2D eigenvalue weighted by Crippen LogP contribution is 2.31. The molecular weight excluding hydrogens is 456 g/mol. The maximum Gasteiger partial charge on any atom is 0.265 e. The van der Waals surface area contributed by atoms with Crippen LogP contribution in [0.15, 0.2) is 65.6 Å². The number of anilines is 2. The molecule has 180 valence electrons. The molecule has 34 heavy (non-hydrogen) atoms. The van der Waals surface area contributed by atoms with E-state index in [0.29, 0.717) is 34.2 Å². The fourth-order valence-electron chi connectivity index (χ4n) is 3.39. The van der Waals surface area contributed by atoms with E-state index < -0.39 is 22.5 Å². The highest BCUT2D eigenvalue weighted by atomic mass is 32.2. The number of amides is 1. The second kappa shape index (κ2) is 10.5. The van der Waals surface area contributed by atoms with Crippen LogP contribution in [0.1, 0.15) is 11.1 Å². The van der Waals surface area contributed by atoms with E-state index in [-0.39, 0.29) is 4.90 Å². The lowest BCUT2D eigenvalue weighted by atomic mass is 10.2. The molecule has 9 heteroatoms. The average Bonchev–Trinajstić information content (AvgIpc) is 2.84. The molecule has 1 N–H and O–H groups in total. The van der Waals surface area contributed by atoms with E-state index in [9.17, 15) is 13.2 Å². The van der Waals surface area contributed by atoms with Gasteiger partial charge in [0, 0.05) is 6.07 Å². The lowest BCUT2D eigenvalue weighted by Gasteiger charge is -2.25. The number of hydrogen-bond acceptors (Lipinski definition) is 6. The number of carbonyl (C=O) groups is 1. The van der Waals surface area contributed by atoms with E-state index >= 15 is 0 Å². The van der Waals surface area contributed by atoms with Gasteiger partial charge in [-0.2, -0.15) is 0 Å². The summed E-state index contributed by atoms with van der Waals surface area (Å²) in [5.74, 6) is 0.988. The Kier molecular flexibility index (Phi) is 7.68. The average molecular weight is 485 g/mol. The van der Waals surface area contributed by atoms with Crippen LogP contribution in [0.25, 0.3) is 0 Å². The van der Waals surface area contributed by atoms with Gasteiger partial charge in [0.15, 0.2) is 0 Å². The van der Waals surface area contributed by atoms with Crippen LogP contribution in [-0.4, -0.2) is 42.2 Å². The predicted molar refractivity (Wildman–Crippen MR) is 132 cm³/mol. The molecule has 0 radical (unpaired) electrons. The number of nitrogens with one attached hydrogen (secondary N) is 1. The summed E-state index contributed by atoms with van der Waals surface area (Å²) < 4.78 is 44.2. The van der Waals surface area contributed by atoms with Crippen molar-refractivity contribution in [1.82, 2.24) is 0 Å². The third kappa shape index (κ3) is 5.43. The Balaban J connectivity index is 1.99. The number of nitrogens with zero attached hydrogens (tertiary/aromatic N) is 1. The molecule has 0 bridgehead atoms. The molecule has 0 saturated carbocycles. The zero-order valence-electron chi connectivity index (χ0n) is 19.8. The van der Waals surface area contributed by atoms with Crippen molar-refractivity contribution in [2.75, 3.05) is 37.5 Å². The van der Waals surface area contributed by atoms with Gasteiger partial charge in [-0.15, -0.1) is 0 Å². The molecule has 0 fully saturated rings. The number of rotatable bonds is 9. The summed E-state index contributed by atoms with van der Waals surface area (Å²) in [5.41, 5.74) is 2.11. The lowest BCUT2D eigenvalue weighted by molar-refractivity contribution is -0.114. The number of methoxy groups -OCH3 is 3. The summed E-state index contributed by atoms with van der Waals surface area (Å²) in [6, 6.07) is 16.6. The molecular formula is C25H28N2O6S. The number of ether oxygens (including phenoxy) is 3. The summed E-state index contributed by atoms with van der Waals surface area (Å²) >= 11 is 0. The van der Waals surface area contributed by atoms with Crippen LogP contribution in [0, 0.1) is 13.8 Å². The molecule has 0 atom stereocenters. The van der Waals surface area contributed by atoms with Gasteiger partial charge in [-0.1, -0.05) is 12.1 Å². The van der Waals surface area contributed by atoms with Crippen molar-refractivity contribution in [1.29, 1.82) is 0 Å². The van der Waals surface area contributed by atoms with Gasteiger partial charge in [0.05, 0.1) is 37.6 Å². The molecule has 0 aliphatic carbocycles. The Bertz CT molecular complexity index is 1270. The molecule has 0 aliphatic rings. The SMILES string of the molecule is COc1ccc(N(CC(=O)Nc2ccc(OC)cc2OC)S(=O)(=O)c2cc(C)ccc2C)cc1. The largest absolute Gasteiger partial charge is 0.497 e. The summed E-state index contributed by atoms with van der Waals surface area (Å²) in [7, 11) is 0.460. The van der Waals surface area contributed by atoms with Crippen molar-refractivity contribution < 1.29 is 27.4 Å². The molecule has 3 rings (SSSR count). The Morgan fingerprint density at radius 1 is 0.853 bits per heavy atom. The zero-order chi connectivity index (χ0) is 24.9. The smallest absolute Gasteiger partial charge is 0.265 e. The maximum atomic E-state index is 13.7. The van der Waals surface area contributed by atoms with E-state index in [2.05, 4.69) is 5.32 Å². The van der Waals surface area contributed by atoms with Crippen LogP contribution in [0.5, 0.6) is 17.2 Å². The van der Waals surface area contributed by atoms with Crippen molar-refractivity contribution in [3.8, 4) is 17.2 Å². The first-order valence-corrected chi connectivity index (χ1v) is 11.9. The number of carbonyl (C=O) groups excluding carboxylic acids is 1. The van der Waals surface area contributed by atoms with Crippen LogP contribution in [0.4, 0.5) is 11.4 Å². The van der Waals surface area contributed by atoms with Crippen LogP contribution in [-0.2, 0) is 14.8 Å². The number of sulfonamides is 1. The van der Waals surface area contributed by atoms with E-state index in [1.54, 1.807) is 61.5 Å². The van der Waals surface area contributed by atoms with Crippen molar-refractivity contribution >= 4 is 27.3 Å². The number of hydrogen-bond donors (Lipinski definition) is 1. The van der Waals surface area contributed by atoms with Gasteiger partial charge in [-0.05, 0) is 67.4 Å². The lowest BCUT2D eigenvalue weighted by Crippen LogP contribution is -2.38. The first kappa shape index (κ1) is 24.9. The minimum Gasteiger partial charge on any atom is -0.497 e. The summed E-state index contributed by atoms with van der Waals surface area (Å²) in [6.45, 7) is 3.09. The van der Waals surface area contributed by atoms with E-state index in [1.165, 1.54) is 21.3 Å². The van der Waals surface area contributed by atoms with Crippen LogP contribution in [0.2, 0.25) is 0 Å². The molecule has 0 saturated heterocycles. The quantitative estimate of drug-likeness (QED) is 0.490. The molecule has 3 aromatic rings. The maximum absolute atomic E-state index is 13.7. The standard InChI is InChI=1S/C25H28N2O6S/c1-17-6-7-18(2)24(14-17)34(29,30)27(19-8-10-20(31-3)11-9-19)16-25(28)26-22-13-12-21(32-4)15-23(22)33-5/h6-15H,16H2,1-5H3,(H,26,28). The third-order valence-electron chi connectivity index (χ3n) is 5.24. The highest BCUT2D eigenvalue weighted by Gasteiger charge is 2.29. The molecule has 1 amide bonds. The van der Waals surface area contributed by atoms with Crippen molar-refractivity contribution in [3.63, 3.8) is 0 Å². The summed E-state index contributed by atoms with van der Waals surface area (Å²) in [5, 5.41) is 2.73. The fourth-order valence-corrected chi connectivity index (χ4v) is 5.12. The Morgan fingerprint density at radius 3 is 2.12 bits per heavy atom. The van der Waals surface area contributed by atoms with Crippen molar-refractivity contribution in [3.05, 3.63) is 71.8 Å². The highest BCUT2D eigenvalue weighted by molar-refractivity contribution is 7.93. The van der Waals surface area contributed by atoms with Gasteiger partial charge in [0.25, 0.3) is 10.0 Å². The Morgan fingerprint density at radius 2 is 1.50 bits per heavy atom. The van der Waals surface area contributed by atoms with Crippen molar-refractivity contribution in [2.45, 2.75) is 18.7 Å². The minimum absolute atomic E-state index is 0.137.